The van der Waals surface area contributed by atoms with E-state index in [9.17, 15) is 0 Å². The minimum absolute atomic E-state index is 0.0422. The fourth-order valence-corrected chi connectivity index (χ4v) is 4.56. The molecule has 0 spiro atoms. The Balaban J connectivity index is 1.54. The first-order chi connectivity index (χ1) is 12.4. The maximum Gasteiger partial charge on any atom is 0.155 e. The van der Waals surface area contributed by atoms with Crippen molar-refractivity contribution in [3.63, 3.8) is 0 Å². The Morgan fingerprint density at radius 1 is 1.19 bits per heavy atom. The molecule has 2 aliphatic rings. The van der Waals surface area contributed by atoms with Gasteiger partial charge in [-0.25, -0.2) is 9.50 Å². The normalized spacial score (nSPS) is 22.9. The van der Waals surface area contributed by atoms with Gasteiger partial charge in [-0.15, -0.1) is 0 Å². The molecule has 5 heterocycles. The van der Waals surface area contributed by atoms with Crippen LogP contribution in [0.25, 0.3) is 5.65 Å². The summed E-state index contributed by atoms with van der Waals surface area (Å²) < 4.78 is 4.00. The van der Waals surface area contributed by atoms with E-state index in [1.807, 2.05) is 17.9 Å². The van der Waals surface area contributed by atoms with Crippen molar-refractivity contribution in [2.24, 2.45) is 7.05 Å². The zero-order chi connectivity index (χ0) is 18.1. The predicted molar refractivity (Wildman–Crippen MR) is 99.9 cm³/mol. The molecule has 136 valence electrons. The van der Waals surface area contributed by atoms with Crippen LogP contribution >= 0.6 is 0 Å². The lowest BCUT2D eigenvalue weighted by Crippen LogP contribution is -2.38. The first-order valence-electron chi connectivity index (χ1n) is 9.51. The van der Waals surface area contributed by atoms with E-state index in [1.54, 1.807) is 0 Å². The van der Waals surface area contributed by atoms with E-state index < -0.39 is 0 Å². The van der Waals surface area contributed by atoms with Gasteiger partial charge in [-0.1, -0.05) is 20.8 Å². The van der Waals surface area contributed by atoms with Crippen LogP contribution in [0.5, 0.6) is 0 Å². The second-order valence-electron chi connectivity index (χ2n) is 8.86. The van der Waals surface area contributed by atoms with Crippen molar-refractivity contribution in [2.75, 3.05) is 0 Å². The number of aryl methyl sites for hydroxylation is 1. The minimum Gasteiger partial charge on any atom is -0.289 e. The number of fused-ring (bicyclic) bond motifs is 6. The van der Waals surface area contributed by atoms with Crippen LogP contribution in [0.4, 0.5) is 0 Å². The summed E-state index contributed by atoms with van der Waals surface area (Å²) in [5.74, 6) is 0. The topological polar surface area (TPSA) is 51.2 Å². The Kier molecular flexibility index (Phi) is 3.32. The molecule has 0 amide bonds. The summed E-state index contributed by atoms with van der Waals surface area (Å²) in [4.78, 5) is 7.39. The van der Waals surface area contributed by atoms with E-state index in [0.717, 1.165) is 24.3 Å². The highest BCUT2D eigenvalue weighted by molar-refractivity contribution is 5.45. The van der Waals surface area contributed by atoms with Gasteiger partial charge in [0.2, 0.25) is 0 Å². The molecule has 0 aromatic carbocycles. The number of aromatic nitrogens is 5. The monoisotopic (exact) mass is 350 g/mol. The lowest BCUT2D eigenvalue weighted by atomic mass is 9.93. The summed E-state index contributed by atoms with van der Waals surface area (Å²) in [6, 6.07) is 3.17. The van der Waals surface area contributed by atoms with Crippen molar-refractivity contribution in [1.82, 2.24) is 29.3 Å². The van der Waals surface area contributed by atoms with Gasteiger partial charge < -0.3 is 0 Å². The molecule has 3 aromatic heterocycles. The summed E-state index contributed by atoms with van der Waals surface area (Å²) in [5, 5.41) is 9.26. The number of hydrogen-bond donors (Lipinski definition) is 0. The van der Waals surface area contributed by atoms with Crippen LogP contribution in [0.3, 0.4) is 0 Å². The molecule has 0 saturated carbocycles. The standard InChI is InChI=1S/C20H26N6/c1-20(2,3)18-8-19-21-10-15-16-6-5-14(7-17(15)26(19)23-18)25(16)12-13-9-22-24(4)11-13/h8-11,14,16H,5-7,12H2,1-4H3/t14-,16-/m0/s1. The smallest absolute Gasteiger partial charge is 0.155 e. The molecular formula is C20H26N6. The first-order valence-corrected chi connectivity index (χ1v) is 9.51. The van der Waals surface area contributed by atoms with Crippen molar-refractivity contribution < 1.29 is 0 Å². The third kappa shape index (κ3) is 2.39. The van der Waals surface area contributed by atoms with Crippen molar-refractivity contribution >= 4 is 5.65 Å². The molecule has 26 heavy (non-hydrogen) atoms. The number of hydrogen-bond acceptors (Lipinski definition) is 4. The lowest BCUT2D eigenvalue weighted by Gasteiger charge is -2.35. The second kappa shape index (κ2) is 5.39. The molecule has 2 atom stereocenters. The van der Waals surface area contributed by atoms with E-state index in [1.165, 1.54) is 29.7 Å². The van der Waals surface area contributed by atoms with Crippen LogP contribution in [-0.4, -0.2) is 35.3 Å². The summed E-state index contributed by atoms with van der Waals surface area (Å²) in [6.07, 6.45) is 9.71. The molecule has 2 aliphatic heterocycles. The Morgan fingerprint density at radius 3 is 2.77 bits per heavy atom. The van der Waals surface area contributed by atoms with Crippen molar-refractivity contribution in [3.8, 4) is 0 Å². The third-order valence-corrected chi connectivity index (χ3v) is 5.94. The average molecular weight is 350 g/mol. The first kappa shape index (κ1) is 16.0. The van der Waals surface area contributed by atoms with E-state index in [0.29, 0.717) is 12.1 Å². The summed E-state index contributed by atoms with van der Waals surface area (Å²) in [6.45, 7) is 7.59. The highest BCUT2D eigenvalue weighted by Crippen LogP contribution is 2.44. The van der Waals surface area contributed by atoms with Gasteiger partial charge in [-0.05, 0) is 12.8 Å². The van der Waals surface area contributed by atoms with Crippen LogP contribution in [0.1, 0.15) is 62.2 Å². The Morgan fingerprint density at radius 2 is 2.04 bits per heavy atom. The molecule has 0 radical (unpaired) electrons. The van der Waals surface area contributed by atoms with E-state index in [4.69, 9.17) is 10.1 Å². The van der Waals surface area contributed by atoms with Crippen LogP contribution in [0, 0.1) is 0 Å². The van der Waals surface area contributed by atoms with E-state index in [-0.39, 0.29) is 5.41 Å². The quantitative estimate of drug-likeness (QED) is 0.713. The molecule has 5 rings (SSSR count). The number of rotatable bonds is 2. The fraction of sp³-hybridized carbons (Fsp3) is 0.550. The summed E-state index contributed by atoms with van der Waals surface area (Å²) in [5.41, 5.74) is 6.15. The second-order valence-corrected chi connectivity index (χ2v) is 8.86. The molecule has 0 N–H and O–H groups in total. The zero-order valence-corrected chi connectivity index (χ0v) is 16.0. The van der Waals surface area contributed by atoms with E-state index in [2.05, 4.69) is 53.7 Å². The van der Waals surface area contributed by atoms with Crippen molar-refractivity contribution in [3.05, 3.63) is 47.2 Å². The molecule has 6 nitrogen and oxygen atoms in total. The summed E-state index contributed by atoms with van der Waals surface area (Å²) >= 11 is 0. The number of nitrogens with zero attached hydrogens (tertiary/aromatic N) is 6. The zero-order valence-electron chi connectivity index (χ0n) is 16.0. The van der Waals surface area contributed by atoms with Crippen LogP contribution in [-0.2, 0) is 25.4 Å². The third-order valence-electron chi connectivity index (χ3n) is 5.94. The van der Waals surface area contributed by atoms with Crippen molar-refractivity contribution in [2.45, 2.75) is 64.1 Å². The fourth-order valence-electron chi connectivity index (χ4n) is 4.56. The van der Waals surface area contributed by atoms with Gasteiger partial charge in [0.05, 0.1) is 17.6 Å². The molecule has 2 bridgehead atoms. The molecule has 3 aromatic rings. The highest BCUT2D eigenvalue weighted by Gasteiger charge is 2.41. The Bertz CT molecular complexity index is 976. The van der Waals surface area contributed by atoms with Gasteiger partial charge in [-0.2, -0.15) is 10.2 Å². The highest BCUT2D eigenvalue weighted by atomic mass is 15.3. The SMILES string of the molecule is Cn1cc(CN2[C@H]3CC[C@H]2c2cnc4cc(C(C)(C)C)nn4c2C3)cn1. The Hall–Kier alpha value is -2.21. The van der Waals surface area contributed by atoms with Gasteiger partial charge in [0.25, 0.3) is 0 Å². The molecule has 0 aliphatic carbocycles. The summed E-state index contributed by atoms with van der Waals surface area (Å²) in [7, 11) is 1.98. The van der Waals surface area contributed by atoms with Gasteiger partial charge in [-0.3, -0.25) is 9.58 Å². The molecule has 0 unspecified atom stereocenters. The maximum atomic E-state index is 4.93. The molecule has 6 heteroatoms. The minimum atomic E-state index is 0.0422. The molecule has 1 saturated heterocycles. The van der Waals surface area contributed by atoms with E-state index >= 15 is 0 Å². The molecule has 1 fully saturated rings. The lowest BCUT2D eigenvalue weighted by molar-refractivity contribution is 0.165. The van der Waals surface area contributed by atoms with Gasteiger partial charge >= 0.3 is 0 Å². The van der Waals surface area contributed by atoms with Gasteiger partial charge in [0.1, 0.15) is 0 Å². The Labute approximate surface area is 153 Å². The van der Waals surface area contributed by atoms with Crippen LogP contribution in [0.15, 0.2) is 24.7 Å². The van der Waals surface area contributed by atoms with Crippen LogP contribution < -0.4 is 0 Å². The average Bonchev–Trinajstić information content (AvgIpc) is 3.25. The van der Waals surface area contributed by atoms with Gasteiger partial charge in [0, 0.05) is 67.1 Å². The predicted octanol–water partition coefficient (Wildman–Crippen LogP) is 3.02. The van der Waals surface area contributed by atoms with Gasteiger partial charge in [0.15, 0.2) is 5.65 Å². The van der Waals surface area contributed by atoms with Crippen LogP contribution in [0.2, 0.25) is 0 Å². The molecular weight excluding hydrogens is 324 g/mol. The largest absolute Gasteiger partial charge is 0.289 e. The maximum absolute atomic E-state index is 4.93. The van der Waals surface area contributed by atoms with Crippen molar-refractivity contribution in [1.29, 1.82) is 0 Å².